The lowest BCUT2D eigenvalue weighted by Crippen LogP contribution is -1.99. The number of hydrogen-bond acceptors (Lipinski definition) is 4. The van der Waals surface area contributed by atoms with E-state index < -0.39 is 11.7 Å². The molecular weight excluding hydrogens is 166 g/mol. The van der Waals surface area contributed by atoms with E-state index in [-0.39, 0.29) is 16.9 Å². The number of aromatic carboxylic acids is 1. The van der Waals surface area contributed by atoms with Gasteiger partial charge in [0.05, 0.1) is 0 Å². The van der Waals surface area contributed by atoms with E-state index in [0.717, 1.165) is 0 Å². The molecule has 0 saturated heterocycles. The smallest absolute Gasteiger partial charge is 0.418 e. The van der Waals surface area contributed by atoms with E-state index in [1.807, 2.05) is 0 Å². The maximum atomic E-state index is 10.6. The van der Waals surface area contributed by atoms with E-state index in [1.54, 1.807) is 0 Å². The topological polar surface area (TPSA) is 112 Å². The second-order valence-corrected chi connectivity index (χ2v) is 2.10. The van der Waals surface area contributed by atoms with Gasteiger partial charge in [0.25, 0.3) is 0 Å². The van der Waals surface area contributed by atoms with Crippen molar-refractivity contribution in [1.29, 1.82) is 0 Å². The van der Waals surface area contributed by atoms with E-state index in [1.165, 1.54) is 0 Å². The van der Waals surface area contributed by atoms with E-state index in [4.69, 9.17) is 5.11 Å². The summed E-state index contributed by atoms with van der Waals surface area (Å²) in [6.45, 7) is 0. The van der Waals surface area contributed by atoms with Crippen LogP contribution in [0.15, 0.2) is 9.21 Å². The molecule has 0 amide bonds. The Kier molecular flexibility index (Phi) is 1.09. The van der Waals surface area contributed by atoms with Gasteiger partial charge in [0.15, 0.2) is 5.69 Å². The Morgan fingerprint density at radius 2 is 2.33 bits per heavy atom. The van der Waals surface area contributed by atoms with Gasteiger partial charge in [-0.2, -0.15) is 5.10 Å². The Morgan fingerprint density at radius 3 is 3.00 bits per heavy atom. The minimum atomic E-state index is -1.22. The Morgan fingerprint density at radius 1 is 1.58 bits per heavy atom. The average Bonchev–Trinajstić information content (AvgIpc) is 2.43. The first-order valence-corrected chi connectivity index (χ1v) is 2.99. The lowest BCUT2D eigenvalue weighted by atomic mass is 10.4. The first-order chi connectivity index (χ1) is 5.68. The van der Waals surface area contributed by atoms with Gasteiger partial charge in [-0.15, -0.1) is 0 Å². The number of H-pyrrole nitrogens is 2. The summed E-state index contributed by atoms with van der Waals surface area (Å²) in [6.07, 6.45) is 0. The highest BCUT2D eigenvalue weighted by atomic mass is 16.4. The third-order valence-corrected chi connectivity index (χ3v) is 1.35. The van der Waals surface area contributed by atoms with Crippen LogP contribution in [-0.4, -0.2) is 26.3 Å². The molecule has 0 spiro atoms. The highest BCUT2D eigenvalue weighted by Crippen LogP contribution is 2.10. The zero-order valence-corrected chi connectivity index (χ0v) is 5.62. The van der Waals surface area contributed by atoms with Gasteiger partial charge in [-0.25, -0.2) is 9.59 Å². The van der Waals surface area contributed by atoms with Crippen molar-refractivity contribution in [2.75, 3.05) is 0 Å². The van der Waals surface area contributed by atoms with Crippen molar-refractivity contribution in [3.8, 4) is 0 Å². The maximum absolute atomic E-state index is 10.6. The third kappa shape index (κ3) is 0.729. The van der Waals surface area contributed by atoms with Gasteiger partial charge in [0.2, 0.25) is 11.2 Å². The number of aromatic nitrogens is 3. The van der Waals surface area contributed by atoms with Gasteiger partial charge in [0, 0.05) is 0 Å². The molecule has 2 aromatic rings. The van der Waals surface area contributed by atoms with Crippen LogP contribution in [0.25, 0.3) is 11.2 Å². The highest BCUT2D eigenvalue weighted by Gasteiger charge is 2.16. The molecule has 0 fully saturated rings. The van der Waals surface area contributed by atoms with E-state index in [9.17, 15) is 9.59 Å². The van der Waals surface area contributed by atoms with Crippen LogP contribution in [0, 0.1) is 0 Å². The number of hydrogen-bond donors (Lipinski definition) is 3. The third-order valence-electron chi connectivity index (χ3n) is 1.35. The highest BCUT2D eigenvalue weighted by molar-refractivity contribution is 5.96. The molecule has 3 N–H and O–H groups in total. The van der Waals surface area contributed by atoms with Gasteiger partial charge in [0.1, 0.15) is 0 Å². The van der Waals surface area contributed by atoms with Crippen molar-refractivity contribution in [3.63, 3.8) is 0 Å². The molecule has 0 saturated carbocycles. The molecule has 0 aliphatic rings. The zero-order valence-electron chi connectivity index (χ0n) is 5.62. The van der Waals surface area contributed by atoms with E-state index in [0.29, 0.717) is 0 Å². The number of aromatic amines is 2. The Hall–Kier alpha value is -2.05. The normalized spacial score (nSPS) is 10.7. The van der Waals surface area contributed by atoms with Gasteiger partial charge in [-0.05, 0) is 0 Å². The first kappa shape index (κ1) is 6.65. The van der Waals surface area contributed by atoms with Gasteiger partial charge in [-0.3, -0.25) is 10.1 Å². The van der Waals surface area contributed by atoms with Crippen molar-refractivity contribution in [1.82, 2.24) is 15.2 Å². The van der Waals surface area contributed by atoms with Gasteiger partial charge >= 0.3 is 11.7 Å². The zero-order chi connectivity index (χ0) is 8.72. The van der Waals surface area contributed by atoms with Crippen LogP contribution in [0.2, 0.25) is 0 Å². The molecule has 2 rings (SSSR count). The molecule has 12 heavy (non-hydrogen) atoms. The molecule has 2 heterocycles. The largest absolute Gasteiger partial charge is 0.476 e. The summed E-state index contributed by atoms with van der Waals surface area (Å²) in [5.74, 6) is -1.94. The Balaban J connectivity index is 2.85. The Bertz CT molecular complexity index is 490. The van der Waals surface area contributed by atoms with Crippen LogP contribution in [-0.2, 0) is 0 Å². The maximum Gasteiger partial charge on any atom is 0.418 e. The molecule has 0 aliphatic heterocycles. The van der Waals surface area contributed by atoms with Gasteiger partial charge in [-0.1, -0.05) is 0 Å². The van der Waals surface area contributed by atoms with Crippen molar-refractivity contribution < 1.29 is 14.3 Å². The Labute approximate surface area is 64.0 Å². The molecule has 7 nitrogen and oxygen atoms in total. The van der Waals surface area contributed by atoms with Crippen molar-refractivity contribution in [2.45, 2.75) is 0 Å². The summed E-state index contributed by atoms with van der Waals surface area (Å²) in [7, 11) is 0. The number of carboxylic acids is 1. The molecule has 0 atom stereocenters. The second-order valence-electron chi connectivity index (χ2n) is 2.10. The monoisotopic (exact) mass is 169 g/mol. The van der Waals surface area contributed by atoms with Crippen LogP contribution in [0.3, 0.4) is 0 Å². The number of rotatable bonds is 1. The molecular formula is C5H3N3O4. The number of oxazole rings is 1. The van der Waals surface area contributed by atoms with Crippen molar-refractivity contribution >= 4 is 17.2 Å². The molecule has 0 aromatic carbocycles. The summed E-state index contributed by atoms with van der Waals surface area (Å²) in [4.78, 5) is 23.2. The van der Waals surface area contributed by atoms with Crippen LogP contribution in [0.5, 0.6) is 0 Å². The SMILES string of the molecule is O=C(O)c1[nH]nc2[nH]c(=O)oc12. The van der Waals surface area contributed by atoms with E-state index in [2.05, 4.69) is 19.6 Å². The fraction of sp³-hybridized carbons (Fsp3) is 0. The van der Waals surface area contributed by atoms with Crippen LogP contribution >= 0.6 is 0 Å². The minimum absolute atomic E-state index is 0.0625. The number of nitrogens with zero attached hydrogens (tertiary/aromatic N) is 1. The fourth-order valence-corrected chi connectivity index (χ4v) is 0.876. The summed E-state index contributed by atoms with van der Waals surface area (Å²) < 4.78 is 4.51. The summed E-state index contributed by atoms with van der Waals surface area (Å²) in [5.41, 5.74) is -0.187. The summed E-state index contributed by atoms with van der Waals surface area (Å²) in [6, 6.07) is 0. The lowest BCUT2D eigenvalue weighted by molar-refractivity contribution is 0.0691. The fourth-order valence-electron chi connectivity index (χ4n) is 0.876. The standard InChI is InChI=1S/C5H3N3O4/c9-4(10)1-2-3(8-7-1)6-5(11)12-2/h(H,9,10)(H2,6,7,8,11). The van der Waals surface area contributed by atoms with Crippen LogP contribution in [0.1, 0.15) is 10.5 Å². The average molecular weight is 169 g/mol. The molecule has 7 heteroatoms. The molecule has 0 aliphatic carbocycles. The molecule has 0 unspecified atom stereocenters. The minimum Gasteiger partial charge on any atom is -0.476 e. The predicted molar refractivity (Wildman–Crippen MR) is 35.9 cm³/mol. The summed E-state index contributed by atoms with van der Waals surface area (Å²) in [5, 5.41) is 14.2. The van der Waals surface area contributed by atoms with Crippen molar-refractivity contribution in [2.24, 2.45) is 0 Å². The first-order valence-electron chi connectivity index (χ1n) is 2.99. The van der Waals surface area contributed by atoms with Gasteiger partial charge < -0.3 is 9.52 Å². The number of fused-ring (bicyclic) bond motifs is 1. The van der Waals surface area contributed by atoms with Crippen molar-refractivity contribution in [3.05, 3.63) is 16.2 Å². The predicted octanol–water partition coefficient (Wildman–Crippen LogP) is -0.458. The molecule has 0 bridgehead atoms. The van der Waals surface area contributed by atoms with Crippen LogP contribution < -0.4 is 5.76 Å². The molecule has 2 aromatic heterocycles. The number of carbonyl (C=O) groups is 1. The second kappa shape index (κ2) is 1.97. The number of carboxylic acid groups (broad SMARTS) is 1. The quantitative estimate of drug-likeness (QED) is 0.534. The van der Waals surface area contributed by atoms with E-state index >= 15 is 0 Å². The summed E-state index contributed by atoms with van der Waals surface area (Å²) >= 11 is 0. The van der Waals surface area contributed by atoms with Crippen LogP contribution in [0.4, 0.5) is 0 Å². The molecule has 0 radical (unpaired) electrons. The lowest BCUT2D eigenvalue weighted by Gasteiger charge is -1.81. The number of nitrogens with one attached hydrogen (secondary N) is 2. The molecule has 62 valence electrons.